The van der Waals surface area contributed by atoms with Crippen molar-refractivity contribution in [2.75, 3.05) is 0 Å². The van der Waals surface area contributed by atoms with Crippen LogP contribution >= 0.6 is 0 Å². The minimum absolute atomic E-state index is 0.112. The average molecular weight is 460 g/mol. The molecule has 0 atom stereocenters. The van der Waals surface area contributed by atoms with Crippen molar-refractivity contribution in [1.29, 1.82) is 0 Å². The van der Waals surface area contributed by atoms with Gasteiger partial charge >= 0.3 is 11.9 Å². The molecule has 3 aromatic carbocycles. The van der Waals surface area contributed by atoms with Gasteiger partial charge in [0, 0.05) is 11.1 Å². The number of imide groups is 2. The maximum absolute atomic E-state index is 12.7. The first kappa shape index (κ1) is 23.5. The van der Waals surface area contributed by atoms with Crippen molar-refractivity contribution < 1.29 is 39.0 Å². The molecule has 10 nitrogen and oxygen atoms in total. The molecule has 170 valence electrons. The maximum atomic E-state index is 12.7. The van der Waals surface area contributed by atoms with Gasteiger partial charge in [0.25, 0.3) is 23.6 Å². The second kappa shape index (κ2) is 10.0. The second-order valence-electron chi connectivity index (χ2n) is 6.85. The number of hydrogen-bond donors (Lipinski definition) is 4. The van der Waals surface area contributed by atoms with Gasteiger partial charge in [-0.1, -0.05) is 36.4 Å². The van der Waals surface area contributed by atoms with E-state index < -0.39 is 57.8 Å². The summed E-state index contributed by atoms with van der Waals surface area (Å²) in [7, 11) is 0. The minimum atomic E-state index is -1.66. The molecule has 10 heteroatoms. The average Bonchev–Trinajstić information content (AvgIpc) is 2.83. The van der Waals surface area contributed by atoms with Crippen LogP contribution in [0.2, 0.25) is 0 Å². The molecule has 0 unspecified atom stereocenters. The summed E-state index contributed by atoms with van der Waals surface area (Å²) in [5, 5.41) is 23.0. The van der Waals surface area contributed by atoms with Crippen molar-refractivity contribution in [2.24, 2.45) is 0 Å². The monoisotopic (exact) mass is 460 g/mol. The molecule has 0 heterocycles. The number of carboxylic acid groups (broad SMARTS) is 2. The van der Waals surface area contributed by atoms with E-state index in [0.29, 0.717) is 12.1 Å². The number of hydrogen-bond acceptors (Lipinski definition) is 6. The molecular weight excluding hydrogens is 444 g/mol. The minimum Gasteiger partial charge on any atom is -0.478 e. The first-order valence-electron chi connectivity index (χ1n) is 9.65. The Labute approximate surface area is 191 Å². The smallest absolute Gasteiger partial charge is 0.336 e. The molecule has 0 aliphatic carbocycles. The molecule has 0 radical (unpaired) electrons. The molecule has 4 amide bonds. The summed E-state index contributed by atoms with van der Waals surface area (Å²) < 4.78 is 0. The highest BCUT2D eigenvalue weighted by atomic mass is 16.4. The molecule has 0 aliphatic rings. The van der Waals surface area contributed by atoms with Crippen LogP contribution in [0.3, 0.4) is 0 Å². The fourth-order valence-corrected chi connectivity index (χ4v) is 2.99. The third-order valence-electron chi connectivity index (χ3n) is 4.63. The Morgan fingerprint density at radius 3 is 1.12 bits per heavy atom. The first-order chi connectivity index (χ1) is 16.2. The van der Waals surface area contributed by atoms with Crippen molar-refractivity contribution in [1.82, 2.24) is 10.6 Å². The number of amides is 4. The first-order valence-corrected chi connectivity index (χ1v) is 9.65. The topological polar surface area (TPSA) is 167 Å². The lowest BCUT2D eigenvalue weighted by molar-refractivity contribution is 0.0681. The molecule has 0 saturated heterocycles. The highest BCUT2D eigenvalue weighted by Crippen LogP contribution is 2.19. The normalized spacial score (nSPS) is 10.1. The van der Waals surface area contributed by atoms with E-state index in [2.05, 4.69) is 0 Å². The zero-order valence-electron chi connectivity index (χ0n) is 17.3. The molecule has 0 bridgehead atoms. The van der Waals surface area contributed by atoms with Gasteiger partial charge in [-0.2, -0.15) is 0 Å². The van der Waals surface area contributed by atoms with Crippen molar-refractivity contribution in [3.63, 3.8) is 0 Å². The van der Waals surface area contributed by atoms with Crippen LogP contribution in [0, 0.1) is 0 Å². The summed E-state index contributed by atoms with van der Waals surface area (Å²) in [4.78, 5) is 73.4. The van der Waals surface area contributed by atoms with Gasteiger partial charge < -0.3 is 10.2 Å². The van der Waals surface area contributed by atoms with Crippen molar-refractivity contribution in [2.45, 2.75) is 0 Å². The lowest BCUT2D eigenvalue weighted by Gasteiger charge is -2.12. The molecule has 3 rings (SSSR count). The fourth-order valence-electron chi connectivity index (χ4n) is 2.99. The molecule has 0 spiro atoms. The van der Waals surface area contributed by atoms with Crippen LogP contribution in [0.25, 0.3) is 0 Å². The summed E-state index contributed by atoms with van der Waals surface area (Å²) in [5.41, 5.74) is -2.55. The Hall–Kier alpha value is -5.12. The fraction of sp³-hybridized carbons (Fsp3) is 0. The Morgan fingerprint density at radius 1 is 0.471 bits per heavy atom. The van der Waals surface area contributed by atoms with Gasteiger partial charge in [-0.25, -0.2) is 9.59 Å². The SMILES string of the molecule is O=C(NC(=O)c1cc(C(=O)NC(=O)c2ccccc2)c(C(=O)O)cc1C(=O)O)c1ccccc1. The third-order valence-corrected chi connectivity index (χ3v) is 4.63. The lowest BCUT2D eigenvalue weighted by atomic mass is 9.96. The van der Waals surface area contributed by atoms with Crippen molar-refractivity contribution >= 4 is 35.6 Å². The van der Waals surface area contributed by atoms with Crippen molar-refractivity contribution in [3.05, 3.63) is 106 Å². The zero-order valence-corrected chi connectivity index (χ0v) is 17.3. The summed E-state index contributed by atoms with van der Waals surface area (Å²) in [6.07, 6.45) is 0. The van der Waals surface area contributed by atoms with E-state index in [1.54, 1.807) is 36.4 Å². The second-order valence-corrected chi connectivity index (χ2v) is 6.85. The quantitative estimate of drug-likeness (QED) is 0.406. The van der Waals surface area contributed by atoms with Gasteiger partial charge in [0.05, 0.1) is 22.3 Å². The van der Waals surface area contributed by atoms with E-state index in [9.17, 15) is 39.0 Å². The molecular formula is C24H16N2O8. The molecule has 0 fully saturated rings. The van der Waals surface area contributed by atoms with Crippen LogP contribution in [-0.2, 0) is 0 Å². The van der Waals surface area contributed by atoms with Gasteiger partial charge in [0.2, 0.25) is 0 Å². The Kier molecular flexibility index (Phi) is 6.92. The van der Waals surface area contributed by atoms with E-state index in [0.717, 1.165) is 0 Å². The number of rotatable bonds is 6. The van der Waals surface area contributed by atoms with Gasteiger partial charge in [-0.05, 0) is 36.4 Å². The van der Waals surface area contributed by atoms with Crippen LogP contribution in [0.4, 0.5) is 0 Å². The molecule has 0 aliphatic heterocycles. The number of nitrogens with one attached hydrogen (secondary N) is 2. The van der Waals surface area contributed by atoms with E-state index in [-0.39, 0.29) is 11.1 Å². The third kappa shape index (κ3) is 5.19. The van der Waals surface area contributed by atoms with Crippen molar-refractivity contribution in [3.8, 4) is 0 Å². The molecule has 4 N–H and O–H groups in total. The van der Waals surface area contributed by atoms with Gasteiger partial charge in [-0.15, -0.1) is 0 Å². The van der Waals surface area contributed by atoms with E-state index in [1.807, 2.05) is 10.6 Å². The predicted octanol–water partition coefficient (Wildman–Crippen LogP) is 2.22. The van der Waals surface area contributed by atoms with Gasteiger partial charge in [-0.3, -0.25) is 29.8 Å². The molecule has 0 saturated carbocycles. The summed E-state index contributed by atoms with van der Waals surface area (Å²) >= 11 is 0. The number of carbonyl (C=O) groups is 6. The van der Waals surface area contributed by atoms with Crippen LogP contribution in [-0.4, -0.2) is 45.8 Å². The molecule has 3 aromatic rings. The standard InChI is InChI=1S/C24H16N2O8/c27-19(13-7-3-1-4-8-13)25-21(29)15-11-16(18(24(33)34)12-17(15)23(31)32)22(30)26-20(28)14-9-5-2-6-10-14/h1-12H,(H,31,32)(H,33,34)(H,25,27,29)(H,26,28,30). The van der Waals surface area contributed by atoms with Gasteiger partial charge in [0.1, 0.15) is 0 Å². The predicted molar refractivity (Wildman–Crippen MR) is 117 cm³/mol. The molecule has 34 heavy (non-hydrogen) atoms. The lowest BCUT2D eigenvalue weighted by Crippen LogP contribution is -2.34. The summed E-state index contributed by atoms with van der Waals surface area (Å²) in [5.74, 6) is -7.35. The molecule has 0 aromatic heterocycles. The zero-order chi connectivity index (χ0) is 24.8. The van der Waals surface area contributed by atoms with E-state index >= 15 is 0 Å². The number of aromatic carboxylic acids is 2. The summed E-state index contributed by atoms with van der Waals surface area (Å²) in [6.45, 7) is 0. The van der Waals surface area contributed by atoms with Gasteiger partial charge in [0.15, 0.2) is 0 Å². The number of carboxylic acids is 2. The number of benzene rings is 3. The van der Waals surface area contributed by atoms with Crippen LogP contribution in [0.15, 0.2) is 72.8 Å². The van der Waals surface area contributed by atoms with E-state index in [1.165, 1.54) is 24.3 Å². The largest absolute Gasteiger partial charge is 0.478 e. The van der Waals surface area contributed by atoms with E-state index in [4.69, 9.17) is 0 Å². The highest BCUT2D eigenvalue weighted by Gasteiger charge is 2.27. The number of carbonyl (C=O) groups excluding carboxylic acids is 4. The Bertz CT molecular complexity index is 1220. The summed E-state index contributed by atoms with van der Waals surface area (Å²) in [6, 6.07) is 16.5. The Morgan fingerprint density at radius 2 is 0.794 bits per heavy atom. The van der Waals surface area contributed by atoms with Crippen LogP contribution < -0.4 is 10.6 Å². The van der Waals surface area contributed by atoms with Crippen LogP contribution in [0.1, 0.15) is 62.1 Å². The maximum Gasteiger partial charge on any atom is 0.336 e. The highest BCUT2D eigenvalue weighted by molar-refractivity contribution is 6.18. The Balaban J connectivity index is 2.00. The van der Waals surface area contributed by atoms with Crippen LogP contribution in [0.5, 0.6) is 0 Å².